The Morgan fingerprint density at radius 3 is 2.47 bits per heavy atom. The molecule has 3 atom stereocenters. The van der Waals surface area contributed by atoms with Crippen LogP contribution in [0.15, 0.2) is 0 Å². The van der Waals surface area contributed by atoms with Crippen LogP contribution < -0.4 is 5.32 Å². The Morgan fingerprint density at radius 1 is 1.35 bits per heavy atom. The van der Waals surface area contributed by atoms with Crippen LogP contribution in [-0.4, -0.2) is 36.6 Å². The predicted molar refractivity (Wildman–Crippen MR) is 74.2 cm³/mol. The topological polar surface area (TPSA) is 15.3 Å². The van der Waals surface area contributed by atoms with Crippen molar-refractivity contribution in [2.45, 2.75) is 59.5 Å². The van der Waals surface area contributed by atoms with E-state index in [0.717, 1.165) is 17.9 Å². The fraction of sp³-hybridized carbons (Fsp3) is 1.00. The Bertz CT molecular complexity index is 258. The van der Waals surface area contributed by atoms with Crippen LogP contribution in [0, 0.1) is 17.3 Å². The van der Waals surface area contributed by atoms with Crippen molar-refractivity contribution < 1.29 is 0 Å². The molecule has 1 saturated heterocycles. The molecule has 1 aliphatic heterocycles. The first-order valence-electron chi connectivity index (χ1n) is 7.41. The summed E-state index contributed by atoms with van der Waals surface area (Å²) in [7, 11) is 0. The first kappa shape index (κ1) is 13.4. The first-order valence-corrected chi connectivity index (χ1v) is 7.41. The quantitative estimate of drug-likeness (QED) is 0.810. The van der Waals surface area contributed by atoms with E-state index in [1.54, 1.807) is 0 Å². The second-order valence-corrected chi connectivity index (χ2v) is 7.16. The Morgan fingerprint density at radius 2 is 2.00 bits per heavy atom. The van der Waals surface area contributed by atoms with Gasteiger partial charge in [0.05, 0.1) is 0 Å². The first-order chi connectivity index (χ1) is 7.94. The third kappa shape index (κ3) is 3.03. The van der Waals surface area contributed by atoms with Gasteiger partial charge < -0.3 is 5.32 Å². The highest BCUT2D eigenvalue weighted by Crippen LogP contribution is 2.52. The maximum Gasteiger partial charge on any atom is 0.0218 e. The van der Waals surface area contributed by atoms with Gasteiger partial charge in [0.25, 0.3) is 0 Å². The number of nitrogens with zero attached hydrogens (tertiary/aromatic N) is 1. The molecule has 0 bridgehead atoms. The Hall–Kier alpha value is -0.0800. The van der Waals surface area contributed by atoms with Crippen LogP contribution in [0.25, 0.3) is 0 Å². The van der Waals surface area contributed by atoms with Gasteiger partial charge >= 0.3 is 0 Å². The molecule has 0 aromatic rings. The predicted octanol–water partition coefficient (Wildman–Crippen LogP) is 2.74. The zero-order chi connectivity index (χ0) is 12.6. The number of rotatable bonds is 4. The molecule has 0 amide bonds. The number of hydrogen-bond acceptors (Lipinski definition) is 2. The van der Waals surface area contributed by atoms with Crippen LogP contribution in [0.5, 0.6) is 0 Å². The molecule has 0 spiro atoms. The minimum Gasteiger partial charge on any atom is -0.311 e. The second-order valence-electron chi connectivity index (χ2n) is 7.16. The molecule has 2 heteroatoms. The summed E-state index contributed by atoms with van der Waals surface area (Å²) in [6.07, 6.45) is 2.71. The summed E-state index contributed by atoms with van der Waals surface area (Å²) in [5.41, 5.74) is 0.622. The molecule has 1 saturated carbocycles. The lowest BCUT2D eigenvalue weighted by Crippen LogP contribution is -2.58. The van der Waals surface area contributed by atoms with Gasteiger partial charge in [-0.05, 0) is 30.1 Å². The lowest BCUT2D eigenvalue weighted by atomic mass is 9.97. The average molecular weight is 238 g/mol. The van der Waals surface area contributed by atoms with Crippen LogP contribution >= 0.6 is 0 Å². The van der Waals surface area contributed by atoms with Crippen molar-refractivity contribution in [1.82, 2.24) is 10.2 Å². The van der Waals surface area contributed by atoms with Crippen LogP contribution in [0.1, 0.15) is 47.5 Å². The van der Waals surface area contributed by atoms with Crippen LogP contribution in [0.2, 0.25) is 0 Å². The van der Waals surface area contributed by atoms with E-state index in [2.05, 4.69) is 44.8 Å². The maximum absolute atomic E-state index is 3.72. The second kappa shape index (κ2) is 4.89. The highest BCUT2D eigenvalue weighted by Gasteiger charge is 2.47. The molecule has 2 nitrogen and oxygen atoms in total. The molecule has 3 unspecified atom stereocenters. The molecule has 17 heavy (non-hydrogen) atoms. The van der Waals surface area contributed by atoms with Crippen molar-refractivity contribution in [3.63, 3.8) is 0 Å². The van der Waals surface area contributed by atoms with Crippen molar-refractivity contribution in [2.24, 2.45) is 17.3 Å². The summed E-state index contributed by atoms with van der Waals surface area (Å²) < 4.78 is 0. The molecule has 0 aromatic carbocycles. The van der Waals surface area contributed by atoms with E-state index >= 15 is 0 Å². The Kier molecular flexibility index (Phi) is 3.84. The van der Waals surface area contributed by atoms with E-state index in [0.29, 0.717) is 11.5 Å². The van der Waals surface area contributed by atoms with Gasteiger partial charge in [0, 0.05) is 31.7 Å². The van der Waals surface area contributed by atoms with Crippen molar-refractivity contribution in [3.05, 3.63) is 0 Å². The summed E-state index contributed by atoms with van der Waals surface area (Å²) in [6.45, 7) is 15.6. The third-order valence-corrected chi connectivity index (χ3v) is 5.01. The summed E-state index contributed by atoms with van der Waals surface area (Å²) >= 11 is 0. The van der Waals surface area contributed by atoms with E-state index in [1.165, 1.54) is 32.5 Å². The molecule has 0 aromatic heterocycles. The van der Waals surface area contributed by atoms with Gasteiger partial charge in [-0.3, -0.25) is 4.90 Å². The van der Waals surface area contributed by atoms with Crippen molar-refractivity contribution >= 4 is 0 Å². The van der Waals surface area contributed by atoms with Crippen LogP contribution in [0.4, 0.5) is 0 Å². The molecule has 0 radical (unpaired) electrons. The summed E-state index contributed by atoms with van der Waals surface area (Å²) in [4.78, 5) is 2.76. The van der Waals surface area contributed by atoms with Gasteiger partial charge in [-0.25, -0.2) is 0 Å². The molecular formula is C15H30N2. The van der Waals surface area contributed by atoms with Gasteiger partial charge in [-0.15, -0.1) is 0 Å². The smallest absolute Gasteiger partial charge is 0.0218 e. The Balaban J connectivity index is 1.91. The van der Waals surface area contributed by atoms with E-state index in [4.69, 9.17) is 0 Å². The van der Waals surface area contributed by atoms with E-state index in [-0.39, 0.29) is 0 Å². The monoisotopic (exact) mass is 238 g/mol. The summed E-state index contributed by atoms with van der Waals surface area (Å²) in [5.74, 6) is 1.70. The normalized spacial score (nSPS) is 37.4. The van der Waals surface area contributed by atoms with E-state index in [1.807, 2.05) is 0 Å². The van der Waals surface area contributed by atoms with Gasteiger partial charge in [-0.2, -0.15) is 0 Å². The van der Waals surface area contributed by atoms with Gasteiger partial charge in [0.1, 0.15) is 0 Å². The van der Waals surface area contributed by atoms with Gasteiger partial charge in [0.2, 0.25) is 0 Å². The van der Waals surface area contributed by atoms with Crippen molar-refractivity contribution in [1.29, 1.82) is 0 Å². The fourth-order valence-corrected chi connectivity index (χ4v) is 3.13. The summed E-state index contributed by atoms with van der Waals surface area (Å²) in [6, 6.07) is 1.46. The molecule has 2 rings (SSSR count). The van der Waals surface area contributed by atoms with Crippen molar-refractivity contribution in [3.8, 4) is 0 Å². The van der Waals surface area contributed by atoms with Crippen molar-refractivity contribution in [2.75, 3.05) is 19.6 Å². The lowest BCUT2D eigenvalue weighted by molar-refractivity contribution is 0.101. The molecule has 100 valence electrons. The van der Waals surface area contributed by atoms with Gasteiger partial charge in [-0.1, -0.05) is 34.6 Å². The molecule has 1 N–H and O–H groups in total. The van der Waals surface area contributed by atoms with Crippen LogP contribution in [0.3, 0.4) is 0 Å². The number of nitrogens with one attached hydrogen (secondary N) is 1. The molecular weight excluding hydrogens is 208 g/mol. The molecule has 2 aliphatic rings. The third-order valence-electron chi connectivity index (χ3n) is 5.01. The Labute approximate surface area is 107 Å². The zero-order valence-corrected chi connectivity index (χ0v) is 12.3. The highest BCUT2D eigenvalue weighted by atomic mass is 15.2. The zero-order valence-electron chi connectivity index (χ0n) is 12.3. The average Bonchev–Trinajstić information content (AvgIpc) is 2.85. The maximum atomic E-state index is 3.72. The largest absolute Gasteiger partial charge is 0.311 e. The van der Waals surface area contributed by atoms with Crippen LogP contribution in [-0.2, 0) is 0 Å². The number of piperazine rings is 1. The lowest BCUT2D eigenvalue weighted by Gasteiger charge is -2.42. The number of hydrogen-bond donors (Lipinski definition) is 1. The van der Waals surface area contributed by atoms with Gasteiger partial charge in [0.15, 0.2) is 0 Å². The fourth-order valence-electron chi connectivity index (χ4n) is 3.13. The highest BCUT2D eigenvalue weighted by molar-refractivity contribution is 4.99. The molecule has 1 heterocycles. The summed E-state index contributed by atoms with van der Waals surface area (Å²) in [5, 5.41) is 3.72. The standard InChI is InChI=1S/C15H30N2/c1-6-13-8-16-14(11(2)3)10-17(13)9-12-7-15(12,4)5/h11-14,16H,6-10H2,1-5H3. The SMILES string of the molecule is CCC1CNC(C(C)C)CN1CC1CC1(C)C. The van der Waals surface area contributed by atoms with E-state index in [9.17, 15) is 0 Å². The minimum absolute atomic E-state index is 0.622. The molecule has 2 fully saturated rings. The molecule has 1 aliphatic carbocycles. The minimum atomic E-state index is 0.622. The van der Waals surface area contributed by atoms with E-state index < -0.39 is 0 Å².